The van der Waals surface area contributed by atoms with Crippen LogP contribution in [0.5, 0.6) is 5.75 Å². The van der Waals surface area contributed by atoms with Gasteiger partial charge in [0, 0.05) is 17.1 Å². The predicted molar refractivity (Wildman–Crippen MR) is 80.3 cm³/mol. The van der Waals surface area contributed by atoms with Gasteiger partial charge in [0.1, 0.15) is 5.75 Å². The number of benzene rings is 1. The van der Waals surface area contributed by atoms with E-state index in [1.54, 1.807) is 18.2 Å². The lowest BCUT2D eigenvalue weighted by molar-refractivity contribution is -0.124. The number of hydrogen-bond acceptors (Lipinski definition) is 3. The second kappa shape index (κ2) is 7.16. The lowest BCUT2D eigenvalue weighted by atomic mass is 10.0. The highest BCUT2D eigenvalue weighted by molar-refractivity contribution is 6.34. The van der Waals surface area contributed by atoms with Gasteiger partial charge in [0.05, 0.1) is 5.02 Å². The third-order valence-electron chi connectivity index (χ3n) is 3.56. The summed E-state index contributed by atoms with van der Waals surface area (Å²) in [5, 5.41) is 3.91. The minimum atomic E-state index is -0.161. The summed E-state index contributed by atoms with van der Waals surface area (Å²) in [5.74, 6) is 0.621. The van der Waals surface area contributed by atoms with E-state index in [1.165, 1.54) is 0 Å². The molecule has 0 aromatic heterocycles. The van der Waals surface area contributed by atoms with Gasteiger partial charge in [0.25, 0.3) is 5.91 Å². The van der Waals surface area contributed by atoms with Gasteiger partial charge in [0.15, 0.2) is 6.61 Å². The molecule has 0 bridgehead atoms. The first-order valence-corrected chi connectivity index (χ1v) is 7.43. The van der Waals surface area contributed by atoms with Crippen LogP contribution in [-0.4, -0.2) is 25.1 Å². The summed E-state index contributed by atoms with van der Waals surface area (Å²) < 4.78 is 5.40. The molecule has 1 aliphatic rings. The molecule has 0 saturated heterocycles. The van der Waals surface area contributed by atoms with Crippen LogP contribution in [-0.2, 0) is 4.79 Å². The van der Waals surface area contributed by atoms with Crippen LogP contribution in [0.1, 0.15) is 19.3 Å². The molecule has 110 valence electrons. The first kappa shape index (κ1) is 15.4. The SMILES string of the molecule is NCC1CCCC1NC(=O)COc1cc(Cl)ccc1Cl. The second-order valence-electron chi connectivity index (χ2n) is 4.96. The molecule has 3 N–H and O–H groups in total. The van der Waals surface area contributed by atoms with Crippen molar-refractivity contribution in [3.05, 3.63) is 28.2 Å². The van der Waals surface area contributed by atoms with Crippen molar-refractivity contribution in [1.82, 2.24) is 5.32 Å². The topological polar surface area (TPSA) is 64.3 Å². The van der Waals surface area contributed by atoms with E-state index in [0.29, 0.717) is 28.3 Å². The zero-order chi connectivity index (χ0) is 14.5. The van der Waals surface area contributed by atoms with Gasteiger partial charge in [-0.25, -0.2) is 0 Å². The molecular formula is C14H18Cl2N2O2. The van der Waals surface area contributed by atoms with Crippen molar-refractivity contribution >= 4 is 29.1 Å². The maximum absolute atomic E-state index is 11.9. The van der Waals surface area contributed by atoms with Gasteiger partial charge >= 0.3 is 0 Å². The summed E-state index contributed by atoms with van der Waals surface area (Å²) in [6.45, 7) is 0.528. The Labute approximate surface area is 128 Å². The van der Waals surface area contributed by atoms with Crippen LogP contribution in [0.4, 0.5) is 0 Å². The normalized spacial score (nSPS) is 21.8. The lowest BCUT2D eigenvalue weighted by Crippen LogP contribution is -2.42. The molecule has 20 heavy (non-hydrogen) atoms. The molecule has 0 spiro atoms. The van der Waals surface area contributed by atoms with Crippen LogP contribution in [0.15, 0.2) is 18.2 Å². The molecule has 1 amide bonds. The monoisotopic (exact) mass is 316 g/mol. The van der Waals surface area contributed by atoms with Crippen LogP contribution in [0.2, 0.25) is 10.0 Å². The number of rotatable bonds is 5. The Kier molecular flexibility index (Phi) is 5.52. The van der Waals surface area contributed by atoms with E-state index in [2.05, 4.69) is 5.32 Å². The van der Waals surface area contributed by atoms with Crippen molar-refractivity contribution in [1.29, 1.82) is 0 Å². The lowest BCUT2D eigenvalue weighted by Gasteiger charge is -2.19. The van der Waals surface area contributed by atoms with E-state index >= 15 is 0 Å². The van der Waals surface area contributed by atoms with Crippen molar-refractivity contribution in [2.24, 2.45) is 11.7 Å². The largest absolute Gasteiger partial charge is 0.482 e. The van der Waals surface area contributed by atoms with E-state index in [-0.39, 0.29) is 18.6 Å². The average Bonchev–Trinajstić information content (AvgIpc) is 2.87. The molecule has 2 rings (SSSR count). The third kappa shape index (κ3) is 4.01. The van der Waals surface area contributed by atoms with E-state index in [4.69, 9.17) is 33.7 Å². The van der Waals surface area contributed by atoms with Gasteiger partial charge in [-0.15, -0.1) is 0 Å². The van der Waals surface area contributed by atoms with Crippen molar-refractivity contribution < 1.29 is 9.53 Å². The number of carbonyl (C=O) groups excluding carboxylic acids is 1. The fourth-order valence-corrected chi connectivity index (χ4v) is 2.82. The van der Waals surface area contributed by atoms with Gasteiger partial charge in [0.2, 0.25) is 0 Å². The molecule has 1 aromatic rings. The van der Waals surface area contributed by atoms with Crippen LogP contribution in [0.25, 0.3) is 0 Å². The van der Waals surface area contributed by atoms with E-state index in [1.807, 2.05) is 0 Å². The molecule has 2 atom stereocenters. The minimum absolute atomic E-state index is 0.0755. The molecule has 1 fully saturated rings. The summed E-state index contributed by atoms with van der Waals surface area (Å²) >= 11 is 11.8. The molecule has 2 unspecified atom stereocenters. The molecule has 6 heteroatoms. The fourth-order valence-electron chi connectivity index (χ4n) is 2.49. The molecule has 1 aliphatic carbocycles. The van der Waals surface area contributed by atoms with Crippen LogP contribution in [0.3, 0.4) is 0 Å². The molecule has 0 radical (unpaired) electrons. The highest BCUT2D eigenvalue weighted by atomic mass is 35.5. The number of nitrogens with two attached hydrogens (primary N) is 1. The number of halogens is 2. The summed E-state index contributed by atoms with van der Waals surface area (Å²) in [7, 11) is 0. The Morgan fingerprint density at radius 2 is 2.20 bits per heavy atom. The van der Waals surface area contributed by atoms with Crippen molar-refractivity contribution in [2.45, 2.75) is 25.3 Å². The number of amides is 1. The van der Waals surface area contributed by atoms with E-state index in [0.717, 1.165) is 19.3 Å². The zero-order valence-electron chi connectivity index (χ0n) is 11.1. The molecule has 4 nitrogen and oxygen atoms in total. The standard InChI is InChI=1S/C14H18Cl2N2O2/c15-10-4-5-11(16)13(6-10)20-8-14(19)18-12-3-1-2-9(12)7-17/h4-6,9,12H,1-3,7-8,17H2,(H,18,19). The molecule has 0 aliphatic heterocycles. The molecular weight excluding hydrogens is 299 g/mol. The maximum Gasteiger partial charge on any atom is 0.258 e. The molecule has 0 heterocycles. The summed E-state index contributed by atoms with van der Waals surface area (Å²) in [6, 6.07) is 5.06. The van der Waals surface area contributed by atoms with Crippen molar-refractivity contribution in [3.8, 4) is 5.75 Å². The number of ether oxygens (including phenoxy) is 1. The molecule has 1 saturated carbocycles. The Bertz CT molecular complexity index is 482. The fraction of sp³-hybridized carbons (Fsp3) is 0.500. The third-order valence-corrected chi connectivity index (χ3v) is 4.11. The minimum Gasteiger partial charge on any atom is -0.482 e. The van der Waals surface area contributed by atoms with Crippen LogP contribution < -0.4 is 15.8 Å². The highest BCUT2D eigenvalue weighted by Crippen LogP contribution is 2.28. The highest BCUT2D eigenvalue weighted by Gasteiger charge is 2.27. The molecule has 1 aromatic carbocycles. The zero-order valence-corrected chi connectivity index (χ0v) is 12.6. The Morgan fingerprint density at radius 3 is 2.95 bits per heavy atom. The van der Waals surface area contributed by atoms with E-state index < -0.39 is 0 Å². The Morgan fingerprint density at radius 1 is 1.40 bits per heavy atom. The second-order valence-corrected chi connectivity index (χ2v) is 5.81. The number of nitrogens with one attached hydrogen (secondary N) is 1. The smallest absolute Gasteiger partial charge is 0.258 e. The van der Waals surface area contributed by atoms with Crippen molar-refractivity contribution in [3.63, 3.8) is 0 Å². The quantitative estimate of drug-likeness (QED) is 0.877. The van der Waals surface area contributed by atoms with Gasteiger partial charge in [-0.1, -0.05) is 29.6 Å². The van der Waals surface area contributed by atoms with Crippen LogP contribution >= 0.6 is 23.2 Å². The Balaban J connectivity index is 1.84. The average molecular weight is 317 g/mol. The van der Waals surface area contributed by atoms with Gasteiger partial charge < -0.3 is 15.8 Å². The van der Waals surface area contributed by atoms with E-state index in [9.17, 15) is 4.79 Å². The van der Waals surface area contributed by atoms with Gasteiger partial charge in [-0.05, 0) is 37.4 Å². The first-order chi connectivity index (χ1) is 9.60. The first-order valence-electron chi connectivity index (χ1n) is 6.67. The van der Waals surface area contributed by atoms with Gasteiger partial charge in [-0.3, -0.25) is 4.79 Å². The summed E-state index contributed by atoms with van der Waals surface area (Å²) in [6.07, 6.45) is 3.15. The Hall–Kier alpha value is -0.970. The maximum atomic E-state index is 11.9. The van der Waals surface area contributed by atoms with Crippen molar-refractivity contribution in [2.75, 3.05) is 13.2 Å². The summed E-state index contributed by atoms with van der Waals surface area (Å²) in [5.41, 5.74) is 5.69. The van der Waals surface area contributed by atoms with Crippen LogP contribution in [0, 0.1) is 5.92 Å². The van der Waals surface area contributed by atoms with Gasteiger partial charge in [-0.2, -0.15) is 0 Å². The summed E-state index contributed by atoms with van der Waals surface area (Å²) in [4.78, 5) is 11.9. The number of carbonyl (C=O) groups is 1. The number of hydrogen-bond donors (Lipinski definition) is 2. The predicted octanol–water partition coefficient (Wildman–Crippen LogP) is 2.62.